The molecule has 0 bridgehead atoms. The van der Waals surface area contributed by atoms with E-state index in [0.29, 0.717) is 0 Å². The first-order valence-electron chi connectivity index (χ1n) is 5.87. The number of rotatable bonds is 2. The third-order valence-corrected chi connectivity index (χ3v) is 6.11. The second kappa shape index (κ2) is 5.48. The summed E-state index contributed by atoms with van der Waals surface area (Å²) in [5, 5.41) is 2.12. The van der Waals surface area contributed by atoms with Gasteiger partial charge in [-0.15, -0.1) is 11.3 Å². The summed E-state index contributed by atoms with van der Waals surface area (Å²) in [6, 6.07) is 10.8. The van der Waals surface area contributed by atoms with Crippen LogP contribution < -0.4 is 0 Å². The van der Waals surface area contributed by atoms with Crippen LogP contribution in [-0.2, 0) is 5.41 Å². The highest BCUT2D eigenvalue weighted by molar-refractivity contribution is 9.11. The van der Waals surface area contributed by atoms with Gasteiger partial charge in [-0.3, -0.25) is 0 Å². The summed E-state index contributed by atoms with van der Waals surface area (Å²) in [6.07, 6.45) is 0. The van der Waals surface area contributed by atoms with Crippen LogP contribution in [0.1, 0.15) is 41.6 Å². The van der Waals surface area contributed by atoms with Crippen molar-refractivity contribution in [1.29, 1.82) is 0 Å². The minimum Gasteiger partial charge on any atom is -0.146 e. The van der Waals surface area contributed by atoms with Crippen molar-refractivity contribution in [3.63, 3.8) is 0 Å². The Labute approximate surface area is 130 Å². The summed E-state index contributed by atoms with van der Waals surface area (Å²) in [5.41, 5.74) is 2.91. The average Bonchev–Trinajstić information content (AvgIpc) is 2.73. The van der Waals surface area contributed by atoms with Gasteiger partial charge in [0.2, 0.25) is 0 Å². The lowest BCUT2D eigenvalue weighted by Crippen LogP contribution is -2.14. The largest absolute Gasteiger partial charge is 0.146 e. The molecule has 1 aromatic heterocycles. The van der Waals surface area contributed by atoms with Crippen molar-refractivity contribution < 1.29 is 0 Å². The number of hydrogen-bond acceptors (Lipinski definition) is 1. The monoisotopic (exact) mass is 386 g/mol. The van der Waals surface area contributed by atoms with Crippen LogP contribution in [0.3, 0.4) is 0 Å². The van der Waals surface area contributed by atoms with E-state index in [4.69, 9.17) is 0 Å². The van der Waals surface area contributed by atoms with E-state index in [1.54, 1.807) is 11.3 Å². The summed E-state index contributed by atoms with van der Waals surface area (Å²) in [4.78, 5) is 1.58. The van der Waals surface area contributed by atoms with Gasteiger partial charge in [-0.1, -0.05) is 61.0 Å². The molecule has 0 N–H and O–H groups in total. The zero-order chi connectivity index (χ0) is 13.3. The summed E-state index contributed by atoms with van der Waals surface area (Å²) < 4.78 is 1.18. The first-order chi connectivity index (χ1) is 8.41. The normalized spacial score (nSPS) is 13.6. The van der Waals surface area contributed by atoms with E-state index >= 15 is 0 Å². The molecule has 2 rings (SSSR count). The van der Waals surface area contributed by atoms with Crippen LogP contribution in [0.2, 0.25) is 0 Å². The molecule has 1 atom stereocenters. The molecule has 3 heteroatoms. The van der Waals surface area contributed by atoms with Crippen molar-refractivity contribution >= 4 is 43.2 Å². The summed E-state index contributed by atoms with van der Waals surface area (Å²) >= 11 is 9.25. The molecule has 1 heterocycles. The minimum absolute atomic E-state index is 0.159. The smallest absolute Gasteiger partial charge is 0.0752 e. The summed E-state index contributed by atoms with van der Waals surface area (Å²) in [5.74, 6) is 0. The molecule has 0 saturated carbocycles. The van der Waals surface area contributed by atoms with Gasteiger partial charge in [0.25, 0.3) is 0 Å². The van der Waals surface area contributed by atoms with Gasteiger partial charge in [0.1, 0.15) is 0 Å². The zero-order valence-electron chi connectivity index (χ0n) is 10.7. The predicted octanol–water partition coefficient (Wildman–Crippen LogP) is 6.29. The predicted molar refractivity (Wildman–Crippen MR) is 87.9 cm³/mol. The Balaban J connectivity index is 2.49. The molecule has 0 fully saturated rings. The fourth-order valence-corrected chi connectivity index (χ4v) is 4.90. The highest BCUT2D eigenvalue weighted by Gasteiger charge is 2.23. The second-order valence-corrected chi connectivity index (χ2v) is 8.05. The van der Waals surface area contributed by atoms with Crippen LogP contribution in [0.25, 0.3) is 0 Å². The molecule has 0 spiro atoms. The topological polar surface area (TPSA) is 0 Å². The van der Waals surface area contributed by atoms with Gasteiger partial charge >= 0.3 is 0 Å². The fraction of sp³-hybridized carbons (Fsp3) is 0.333. The van der Waals surface area contributed by atoms with Gasteiger partial charge in [0.05, 0.1) is 4.83 Å². The third-order valence-electron chi connectivity index (χ3n) is 2.92. The molecular formula is C15H16Br2S. The summed E-state index contributed by atoms with van der Waals surface area (Å²) in [6.45, 7) is 6.78. The first kappa shape index (κ1) is 14.3. The number of benzene rings is 1. The van der Waals surface area contributed by atoms with E-state index in [0.717, 1.165) is 0 Å². The van der Waals surface area contributed by atoms with Crippen LogP contribution >= 0.6 is 43.2 Å². The van der Waals surface area contributed by atoms with Crippen LogP contribution in [0, 0.1) is 0 Å². The standard InChI is InChI=1S/C15H16Br2S/c1-15(2,3)11-7-5-4-6-10(11)13(17)14-12(16)8-9-18-14/h4-9,13H,1-3H3. The quantitative estimate of drug-likeness (QED) is 0.531. The van der Waals surface area contributed by atoms with Gasteiger partial charge in [0, 0.05) is 9.35 Å². The highest BCUT2D eigenvalue weighted by atomic mass is 79.9. The maximum atomic E-state index is 3.85. The third kappa shape index (κ3) is 2.89. The van der Waals surface area contributed by atoms with Gasteiger partial charge in [-0.05, 0) is 43.9 Å². The average molecular weight is 388 g/mol. The van der Waals surface area contributed by atoms with Crippen molar-refractivity contribution in [2.24, 2.45) is 0 Å². The Morgan fingerprint density at radius 3 is 2.33 bits per heavy atom. The van der Waals surface area contributed by atoms with Crippen molar-refractivity contribution in [3.05, 3.63) is 56.2 Å². The molecule has 96 valence electrons. The molecule has 0 aliphatic heterocycles. The van der Waals surface area contributed by atoms with Gasteiger partial charge in [-0.25, -0.2) is 0 Å². The Kier molecular flexibility index (Phi) is 4.35. The van der Waals surface area contributed by atoms with E-state index in [-0.39, 0.29) is 10.2 Å². The number of alkyl halides is 1. The van der Waals surface area contributed by atoms with Crippen LogP contribution in [-0.4, -0.2) is 0 Å². The first-order valence-corrected chi connectivity index (χ1v) is 8.46. The fourth-order valence-electron chi connectivity index (χ4n) is 2.03. The Morgan fingerprint density at radius 2 is 1.78 bits per heavy atom. The molecule has 0 aliphatic carbocycles. The molecule has 0 nitrogen and oxygen atoms in total. The Morgan fingerprint density at radius 1 is 1.11 bits per heavy atom. The molecule has 2 aromatic rings. The number of thiophene rings is 1. The van der Waals surface area contributed by atoms with E-state index < -0.39 is 0 Å². The molecule has 1 unspecified atom stereocenters. The Hall–Kier alpha value is -0.120. The van der Waals surface area contributed by atoms with E-state index in [1.165, 1.54) is 20.5 Å². The molecule has 0 aliphatic rings. The van der Waals surface area contributed by atoms with E-state index in [1.807, 2.05) is 0 Å². The molecule has 0 saturated heterocycles. The minimum atomic E-state index is 0.159. The van der Waals surface area contributed by atoms with E-state index in [9.17, 15) is 0 Å². The highest BCUT2D eigenvalue weighted by Crippen LogP contribution is 2.42. The number of halogens is 2. The lowest BCUT2D eigenvalue weighted by molar-refractivity contribution is 0.584. The lowest BCUT2D eigenvalue weighted by Gasteiger charge is -2.25. The van der Waals surface area contributed by atoms with Crippen molar-refractivity contribution in [1.82, 2.24) is 0 Å². The second-order valence-electron chi connectivity index (χ2n) is 5.33. The van der Waals surface area contributed by atoms with Crippen LogP contribution in [0.15, 0.2) is 40.2 Å². The maximum Gasteiger partial charge on any atom is 0.0752 e. The van der Waals surface area contributed by atoms with Crippen molar-refractivity contribution in [2.75, 3.05) is 0 Å². The molecule has 1 aromatic carbocycles. The Bertz CT molecular complexity index is 537. The van der Waals surface area contributed by atoms with Crippen LogP contribution in [0.4, 0.5) is 0 Å². The van der Waals surface area contributed by atoms with Gasteiger partial charge in [-0.2, -0.15) is 0 Å². The molecule has 0 radical (unpaired) electrons. The van der Waals surface area contributed by atoms with Crippen molar-refractivity contribution in [3.8, 4) is 0 Å². The van der Waals surface area contributed by atoms with Crippen molar-refractivity contribution in [2.45, 2.75) is 31.0 Å². The molecule has 0 amide bonds. The SMILES string of the molecule is CC(C)(C)c1ccccc1C(Br)c1sccc1Br. The zero-order valence-corrected chi connectivity index (χ0v) is 14.7. The van der Waals surface area contributed by atoms with Gasteiger partial charge < -0.3 is 0 Å². The number of hydrogen-bond donors (Lipinski definition) is 0. The van der Waals surface area contributed by atoms with Crippen LogP contribution in [0.5, 0.6) is 0 Å². The lowest BCUT2D eigenvalue weighted by atomic mass is 9.83. The molecule has 18 heavy (non-hydrogen) atoms. The van der Waals surface area contributed by atoms with E-state index in [2.05, 4.69) is 88.3 Å². The maximum absolute atomic E-state index is 3.85. The van der Waals surface area contributed by atoms with Gasteiger partial charge in [0.15, 0.2) is 0 Å². The summed E-state index contributed by atoms with van der Waals surface area (Å²) in [7, 11) is 0. The molecular weight excluding hydrogens is 372 g/mol.